The number of aryl methyl sites for hydroxylation is 2. The third-order valence-electron chi connectivity index (χ3n) is 4.66. The van der Waals surface area contributed by atoms with Crippen molar-refractivity contribution < 1.29 is 9.53 Å². The van der Waals surface area contributed by atoms with E-state index in [-0.39, 0.29) is 17.8 Å². The summed E-state index contributed by atoms with van der Waals surface area (Å²) in [5, 5.41) is 12.8. The Morgan fingerprint density at radius 3 is 2.58 bits per heavy atom. The summed E-state index contributed by atoms with van der Waals surface area (Å²) in [6.07, 6.45) is -0.344. The number of halogens is 2. The van der Waals surface area contributed by atoms with E-state index in [9.17, 15) is 4.79 Å². The number of nitrogens with zero attached hydrogens (tertiary/aromatic N) is 3. The molecule has 0 bridgehead atoms. The molecule has 1 aromatic heterocycles. The lowest BCUT2D eigenvalue weighted by Crippen LogP contribution is -2.17. The van der Waals surface area contributed by atoms with Gasteiger partial charge < -0.3 is 14.6 Å². The second kappa shape index (κ2) is 10.5. The van der Waals surface area contributed by atoms with Gasteiger partial charge >= 0.3 is 0 Å². The fourth-order valence-corrected chi connectivity index (χ4v) is 4.88. The maximum atomic E-state index is 12.6. The lowest BCUT2D eigenvalue weighted by atomic mass is 10.1. The average Bonchev–Trinajstić information content (AvgIpc) is 3.14. The maximum absolute atomic E-state index is 12.6. The molecule has 1 N–H and O–H groups in total. The first-order valence-corrected chi connectivity index (χ1v) is 12.0. The third kappa shape index (κ3) is 5.81. The molecule has 0 aliphatic rings. The number of carbonyl (C=O) groups is 1. The smallest absolute Gasteiger partial charge is 0.234 e. The predicted octanol–water partition coefficient (Wildman–Crippen LogP) is 6.20. The molecule has 6 nitrogen and oxygen atoms in total. The van der Waals surface area contributed by atoms with Gasteiger partial charge in [0.2, 0.25) is 5.91 Å². The van der Waals surface area contributed by atoms with Gasteiger partial charge in [0.1, 0.15) is 5.75 Å². The van der Waals surface area contributed by atoms with Crippen molar-refractivity contribution in [2.24, 2.45) is 0 Å². The van der Waals surface area contributed by atoms with Gasteiger partial charge in [-0.15, -0.1) is 10.2 Å². The molecule has 0 aliphatic carbocycles. The molecule has 0 fully saturated rings. The van der Waals surface area contributed by atoms with Crippen LogP contribution in [0.2, 0.25) is 5.02 Å². The summed E-state index contributed by atoms with van der Waals surface area (Å²) in [5.74, 6) is 1.42. The number of hydrogen-bond donors (Lipinski definition) is 1. The molecule has 0 unspecified atom stereocenters. The molecule has 0 spiro atoms. The third-order valence-corrected chi connectivity index (χ3v) is 6.40. The largest absolute Gasteiger partial charge is 0.481 e. The SMILES string of the molecule is CCn1c(SCC(=O)Nc2c(C)cc(Br)cc2C)nnc1[C@H](C)Oc1ccccc1Cl. The van der Waals surface area contributed by atoms with Crippen LogP contribution in [-0.2, 0) is 11.3 Å². The molecular formula is C22H24BrClN4O2S. The Kier molecular flexibility index (Phi) is 8.02. The number of anilines is 1. The average molecular weight is 524 g/mol. The predicted molar refractivity (Wildman–Crippen MR) is 129 cm³/mol. The fraction of sp³-hybridized carbons (Fsp3) is 0.318. The molecule has 3 rings (SSSR count). The minimum absolute atomic E-state index is 0.0916. The summed E-state index contributed by atoms with van der Waals surface area (Å²) in [7, 11) is 0. The van der Waals surface area contributed by atoms with Crippen LogP contribution in [0.3, 0.4) is 0 Å². The van der Waals surface area contributed by atoms with Crippen LogP contribution < -0.4 is 10.1 Å². The summed E-state index contributed by atoms with van der Waals surface area (Å²) < 4.78 is 8.93. The highest BCUT2D eigenvalue weighted by molar-refractivity contribution is 9.10. The van der Waals surface area contributed by atoms with E-state index in [1.807, 2.05) is 62.6 Å². The van der Waals surface area contributed by atoms with Crippen molar-refractivity contribution in [2.45, 2.75) is 45.5 Å². The van der Waals surface area contributed by atoms with Crippen molar-refractivity contribution >= 4 is 50.9 Å². The van der Waals surface area contributed by atoms with Crippen LogP contribution in [-0.4, -0.2) is 26.4 Å². The van der Waals surface area contributed by atoms with Crippen LogP contribution in [0.1, 0.15) is 36.9 Å². The minimum atomic E-state index is -0.344. The molecule has 0 aliphatic heterocycles. The van der Waals surface area contributed by atoms with E-state index < -0.39 is 0 Å². The van der Waals surface area contributed by atoms with Gasteiger partial charge in [-0.25, -0.2) is 0 Å². The molecule has 0 saturated heterocycles. The highest BCUT2D eigenvalue weighted by Gasteiger charge is 2.20. The number of aromatic nitrogens is 3. The first kappa shape index (κ1) is 23.6. The van der Waals surface area contributed by atoms with Gasteiger partial charge in [-0.05, 0) is 63.1 Å². The Balaban J connectivity index is 1.67. The number of hydrogen-bond acceptors (Lipinski definition) is 5. The number of para-hydroxylation sites is 1. The first-order valence-electron chi connectivity index (χ1n) is 9.83. The van der Waals surface area contributed by atoms with Crippen molar-refractivity contribution in [3.63, 3.8) is 0 Å². The molecule has 2 aromatic carbocycles. The summed E-state index contributed by atoms with van der Waals surface area (Å²) in [6, 6.07) is 11.3. The lowest BCUT2D eigenvalue weighted by molar-refractivity contribution is -0.113. The van der Waals surface area contributed by atoms with Crippen LogP contribution in [0.5, 0.6) is 5.75 Å². The molecule has 1 atom stereocenters. The Morgan fingerprint density at radius 1 is 1.26 bits per heavy atom. The van der Waals surface area contributed by atoms with E-state index in [0.29, 0.717) is 28.3 Å². The maximum Gasteiger partial charge on any atom is 0.234 e. The monoisotopic (exact) mass is 522 g/mol. The molecular weight excluding hydrogens is 500 g/mol. The second-order valence-electron chi connectivity index (χ2n) is 7.03. The van der Waals surface area contributed by atoms with Crippen molar-refractivity contribution in [2.75, 3.05) is 11.1 Å². The molecule has 9 heteroatoms. The zero-order valence-electron chi connectivity index (χ0n) is 17.8. The van der Waals surface area contributed by atoms with Gasteiger partial charge in [-0.2, -0.15) is 0 Å². The van der Waals surface area contributed by atoms with Gasteiger partial charge in [0, 0.05) is 16.7 Å². The summed E-state index contributed by atoms with van der Waals surface area (Å²) >= 11 is 11.0. The number of benzene rings is 2. The topological polar surface area (TPSA) is 69.0 Å². The van der Waals surface area contributed by atoms with Crippen molar-refractivity contribution in [3.8, 4) is 5.75 Å². The molecule has 164 valence electrons. The number of thioether (sulfide) groups is 1. The zero-order chi connectivity index (χ0) is 22.5. The quantitative estimate of drug-likeness (QED) is 0.356. The minimum Gasteiger partial charge on any atom is -0.481 e. The standard InChI is InChI=1S/C22H24BrClN4O2S/c1-5-28-21(15(4)30-18-9-7-6-8-17(18)24)26-27-22(28)31-12-19(29)25-20-13(2)10-16(23)11-14(20)3/h6-11,15H,5,12H2,1-4H3,(H,25,29)/t15-/m0/s1. The molecule has 1 heterocycles. The van der Waals surface area contributed by atoms with E-state index in [1.54, 1.807) is 6.07 Å². The van der Waals surface area contributed by atoms with Gasteiger partial charge in [0.05, 0.1) is 10.8 Å². The Bertz CT molecular complexity index is 1070. The van der Waals surface area contributed by atoms with Crippen molar-refractivity contribution in [3.05, 3.63) is 62.8 Å². The molecule has 31 heavy (non-hydrogen) atoms. The van der Waals surface area contributed by atoms with E-state index in [1.165, 1.54) is 11.8 Å². The van der Waals surface area contributed by atoms with Gasteiger partial charge in [-0.1, -0.05) is 51.4 Å². The Hall–Kier alpha value is -2.03. The lowest BCUT2D eigenvalue weighted by Gasteiger charge is -2.16. The summed E-state index contributed by atoms with van der Waals surface area (Å²) in [5.41, 5.74) is 2.86. The van der Waals surface area contributed by atoms with Crippen LogP contribution in [0.25, 0.3) is 0 Å². The number of amides is 1. The molecule has 3 aromatic rings. The van der Waals surface area contributed by atoms with Crippen LogP contribution in [0.15, 0.2) is 46.0 Å². The Labute approximate surface area is 199 Å². The van der Waals surface area contributed by atoms with Crippen LogP contribution in [0.4, 0.5) is 5.69 Å². The van der Waals surface area contributed by atoms with E-state index >= 15 is 0 Å². The Morgan fingerprint density at radius 2 is 1.94 bits per heavy atom. The first-order chi connectivity index (χ1) is 14.8. The highest BCUT2D eigenvalue weighted by Crippen LogP contribution is 2.30. The number of ether oxygens (including phenoxy) is 1. The number of rotatable bonds is 8. The fourth-order valence-electron chi connectivity index (χ4n) is 3.20. The van der Waals surface area contributed by atoms with Crippen molar-refractivity contribution in [1.82, 2.24) is 14.8 Å². The van der Waals surface area contributed by atoms with E-state index in [4.69, 9.17) is 16.3 Å². The van der Waals surface area contributed by atoms with E-state index in [0.717, 1.165) is 21.3 Å². The van der Waals surface area contributed by atoms with Gasteiger partial charge in [-0.3, -0.25) is 4.79 Å². The second-order valence-corrected chi connectivity index (χ2v) is 9.29. The number of carbonyl (C=O) groups excluding carboxylic acids is 1. The molecule has 0 radical (unpaired) electrons. The van der Waals surface area contributed by atoms with Gasteiger partial charge in [0.15, 0.2) is 17.1 Å². The molecule has 0 saturated carbocycles. The zero-order valence-corrected chi connectivity index (χ0v) is 20.9. The van der Waals surface area contributed by atoms with Crippen LogP contribution in [0, 0.1) is 13.8 Å². The normalized spacial score (nSPS) is 11.9. The van der Waals surface area contributed by atoms with E-state index in [2.05, 4.69) is 31.4 Å². The summed E-state index contributed by atoms with van der Waals surface area (Å²) in [6.45, 7) is 8.52. The summed E-state index contributed by atoms with van der Waals surface area (Å²) in [4.78, 5) is 12.6. The molecule has 1 amide bonds. The van der Waals surface area contributed by atoms with Crippen LogP contribution >= 0.6 is 39.3 Å². The highest BCUT2D eigenvalue weighted by atomic mass is 79.9. The number of nitrogens with one attached hydrogen (secondary N) is 1. The van der Waals surface area contributed by atoms with Gasteiger partial charge in [0.25, 0.3) is 0 Å². The van der Waals surface area contributed by atoms with Crippen molar-refractivity contribution in [1.29, 1.82) is 0 Å².